The largest absolute Gasteiger partial charge is 0.484 e. The van der Waals surface area contributed by atoms with Gasteiger partial charge >= 0.3 is 0 Å². The van der Waals surface area contributed by atoms with Gasteiger partial charge in [0.2, 0.25) is 0 Å². The number of piperazine rings is 1. The van der Waals surface area contributed by atoms with E-state index < -0.39 is 0 Å². The fourth-order valence-electron chi connectivity index (χ4n) is 4.20. The molecular weight excluding hydrogens is 412 g/mol. The van der Waals surface area contributed by atoms with Gasteiger partial charge in [0, 0.05) is 43.9 Å². The van der Waals surface area contributed by atoms with Gasteiger partial charge in [-0.3, -0.25) is 4.79 Å². The highest BCUT2D eigenvalue weighted by Gasteiger charge is 2.25. The van der Waals surface area contributed by atoms with Gasteiger partial charge in [-0.2, -0.15) is 0 Å². The summed E-state index contributed by atoms with van der Waals surface area (Å²) < 4.78 is 5.65. The molecule has 0 saturated carbocycles. The van der Waals surface area contributed by atoms with Crippen LogP contribution >= 0.6 is 0 Å². The summed E-state index contributed by atoms with van der Waals surface area (Å²) in [7, 11) is 0. The van der Waals surface area contributed by atoms with Crippen molar-refractivity contribution in [2.75, 3.05) is 37.7 Å². The topological polar surface area (TPSA) is 58.6 Å². The number of amides is 1. The van der Waals surface area contributed by atoms with Gasteiger partial charge in [0.1, 0.15) is 17.4 Å². The van der Waals surface area contributed by atoms with Crippen molar-refractivity contribution in [3.8, 4) is 5.75 Å². The van der Waals surface area contributed by atoms with Crippen molar-refractivity contribution in [1.82, 2.24) is 14.9 Å². The number of hydrogen-bond acceptors (Lipinski definition) is 5. The average Bonchev–Trinajstić information content (AvgIpc) is 2.85. The maximum absolute atomic E-state index is 12.7. The van der Waals surface area contributed by atoms with Crippen LogP contribution in [-0.2, 0) is 17.6 Å². The maximum Gasteiger partial charge on any atom is 0.260 e. The molecule has 1 amide bonds. The summed E-state index contributed by atoms with van der Waals surface area (Å²) in [4.78, 5) is 26.4. The van der Waals surface area contributed by atoms with Crippen LogP contribution in [0.1, 0.15) is 35.1 Å². The molecule has 2 heterocycles. The maximum atomic E-state index is 12.7. The molecule has 172 valence electrons. The fraction of sp³-hybridized carbons (Fsp3) is 0.370. The Hall–Kier alpha value is -3.41. The van der Waals surface area contributed by atoms with Crippen molar-refractivity contribution in [2.24, 2.45) is 0 Å². The van der Waals surface area contributed by atoms with Crippen LogP contribution in [0.2, 0.25) is 0 Å². The number of carbonyl (C=O) groups excluding carboxylic acids is 1. The van der Waals surface area contributed by atoms with Gasteiger partial charge in [0.15, 0.2) is 6.61 Å². The number of aryl methyl sites for hydroxylation is 3. The normalized spacial score (nSPS) is 13.8. The molecule has 1 aliphatic heterocycles. The molecule has 0 bridgehead atoms. The van der Waals surface area contributed by atoms with Crippen molar-refractivity contribution >= 4 is 11.7 Å². The molecule has 1 aromatic heterocycles. The molecule has 2 aromatic carbocycles. The molecule has 0 unspecified atom stereocenters. The zero-order valence-electron chi connectivity index (χ0n) is 19.8. The minimum atomic E-state index is 0.0199. The zero-order valence-corrected chi connectivity index (χ0v) is 19.8. The number of rotatable bonds is 7. The van der Waals surface area contributed by atoms with E-state index in [0.29, 0.717) is 18.8 Å². The predicted molar refractivity (Wildman–Crippen MR) is 131 cm³/mol. The van der Waals surface area contributed by atoms with Crippen LogP contribution in [0.3, 0.4) is 0 Å². The molecule has 6 nitrogen and oxygen atoms in total. The van der Waals surface area contributed by atoms with Crippen LogP contribution in [0, 0.1) is 13.8 Å². The molecule has 1 aliphatic rings. The lowest BCUT2D eigenvalue weighted by Gasteiger charge is -2.36. The molecule has 0 spiro atoms. The van der Waals surface area contributed by atoms with Crippen molar-refractivity contribution in [1.29, 1.82) is 0 Å². The number of hydrogen-bond donors (Lipinski definition) is 0. The Morgan fingerprint density at radius 2 is 1.64 bits per heavy atom. The molecule has 33 heavy (non-hydrogen) atoms. The number of para-hydroxylation sites is 1. The Balaban J connectivity index is 1.45. The van der Waals surface area contributed by atoms with Gasteiger partial charge in [-0.25, -0.2) is 9.97 Å². The van der Waals surface area contributed by atoms with E-state index in [9.17, 15) is 4.79 Å². The summed E-state index contributed by atoms with van der Waals surface area (Å²) >= 11 is 0. The molecule has 1 saturated heterocycles. The van der Waals surface area contributed by atoms with Crippen molar-refractivity contribution in [3.63, 3.8) is 0 Å². The third-order valence-corrected chi connectivity index (χ3v) is 6.06. The summed E-state index contributed by atoms with van der Waals surface area (Å²) in [6.45, 7) is 9.08. The molecular formula is C27H32N4O2. The Kier molecular flexibility index (Phi) is 7.23. The van der Waals surface area contributed by atoms with Crippen LogP contribution in [0.15, 0.2) is 54.6 Å². The summed E-state index contributed by atoms with van der Waals surface area (Å²) in [5.41, 5.74) is 4.81. The second-order valence-corrected chi connectivity index (χ2v) is 8.51. The fourth-order valence-corrected chi connectivity index (χ4v) is 4.20. The van der Waals surface area contributed by atoms with Crippen molar-refractivity contribution in [2.45, 2.75) is 33.6 Å². The average molecular weight is 445 g/mol. The highest BCUT2D eigenvalue weighted by atomic mass is 16.5. The summed E-state index contributed by atoms with van der Waals surface area (Å²) in [6.07, 6.45) is 1.68. The van der Waals surface area contributed by atoms with Crippen LogP contribution in [0.5, 0.6) is 5.75 Å². The molecule has 0 atom stereocenters. The monoisotopic (exact) mass is 444 g/mol. The first-order chi connectivity index (χ1) is 16.0. The highest BCUT2D eigenvalue weighted by molar-refractivity contribution is 5.78. The molecule has 0 N–H and O–H groups in total. The minimum absolute atomic E-state index is 0.0199. The van der Waals surface area contributed by atoms with E-state index in [-0.39, 0.29) is 12.5 Å². The van der Waals surface area contributed by atoms with E-state index in [1.54, 1.807) is 0 Å². The highest BCUT2D eigenvalue weighted by Crippen LogP contribution is 2.26. The lowest BCUT2D eigenvalue weighted by Crippen LogP contribution is -2.50. The zero-order chi connectivity index (χ0) is 23.2. The smallest absolute Gasteiger partial charge is 0.260 e. The SMILES string of the molecule is CCc1nc(C)nc(N2CCN(C(=O)COc3ccccc3)CC2)c1Cc1ccc(C)cc1. The summed E-state index contributed by atoms with van der Waals surface area (Å²) in [5, 5.41) is 0. The number of aromatic nitrogens is 2. The molecule has 0 radical (unpaired) electrons. The molecule has 3 aromatic rings. The number of nitrogens with zero attached hydrogens (tertiary/aromatic N) is 4. The Bertz CT molecular complexity index is 1080. The van der Waals surface area contributed by atoms with Crippen LogP contribution in [-0.4, -0.2) is 53.6 Å². The molecule has 6 heteroatoms. The standard InChI is InChI=1S/C27H32N4O2/c1-4-25-24(18-22-12-10-20(2)11-13-22)27(29-21(3)28-25)31-16-14-30(15-17-31)26(32)19-33-23-8-6-5-7-9-23/h5-13H,4,14-19H2,1-3H3. The summed E-state index contributed by atoms with van der Waals surface area (Å²) in [6, 6.07) is 18.1. The number of ether oxygens (including phenoxy) is 1. The Morgan fingerprint density at radius 3 is 2.30 bits per heavy atom. The number of anilines is 1. The first kappa shape index (κ1) is 22.8. The quantitative estimate of drug-likeness (QED) is 0.552. The van der Waals surface area contributed by atoms with Gasteiger partial charge in [0.25, 0.3) is 5.91 Å². The molecule has 0 aliphatic carbocycles. The van der Waals surface area contributed by atoms with Crippen molar-refractivity contribution in [3.05, 3.63) is 82.8 Å². The second-order valence-electron chi connectivity index (χ2n) is 8.51. The summed E-state index contributed by atoms with van der Waals surface area (Å²) in [5.74, 6) is 2.54. The van der Waals surface area contributed by atoms with E-state index >= 15 is 0 Å². The second kappa shape index (κ2) is 10.5. The number of benzene rings is 2. The van der Waals surface area contributed by atoms with E-state index in [4.69, 9.17) is 14.7 Å². The predicted octanol–water partition coefficient (Wildman–Crippen LogP) is 3.97. The third-order valence-electron chi connectivity index (χ3n) is 6.06. The number of carbonyl (C=O) groups is 1. The van der Waals surface area contributed by atoms with E-state index in [2.05, 4.69) is 43.0 Å². The van der Waals surface area contributed by atoms with E-state index in [1.165, 1.54) is 16.7 Å². The molecule has 4 rings (SSSR count). The first-order valence-corrected chi connectivity index (χ1v) is 11.7. The van der Waals surface area contributed by atoms with E-state index in [0.717, 1.165) is 43.3 Å². The lowest BCUT2D eigenvalue weighted by atomic mass is 10.0. The Morgan fingerprint density at radius 1 is 0.939 bits per heavy atom. The Labute approximate surface area is 196 Å². The third kappa shape index (κ3) is 5.69. The van der Waals surface area contributed by atoms with Gasteiger partial charge in [-0.15, -0.1) is 0 Å². The van der Waals surface area contributed by atoms with Gasteiger partial charge in [-0.1, -0.05) is 55.0 Å². The van der Waals surface area contributed by atoms with Crippen molar-refractivity contribution < 1.29 is 9.53 Å². The van der Waals surface area contributed by atoms with Crippen LogP contribution < -0.4 is 9.64 Å². The van der Waals surface area contributed by atoms with Gasteiger partial charge < -0.3 is 14.5 Å². The van der Waals surface area contributed by atoms with E-state index in [1.807, 2.05) is 42.2 Å². The van der Waals surface area contributed by atoms with Gasteiger partial charge in [-0.05, 0) is 38.0 Å². The first-order valence-electron chi connectivity index (χ1n) is 11.7. The van der Waals surface area contributed by atoms with Crippen LogP contribution in [0.25, 0.3) is 0 Å². The van der Waals surface area contributed by atoms with Gasteiger partial charge in [0.05, 0.1) is 0 Å². The lowest BCUT2D eigenvalue weighted by molar-refractivity contribution is -0.133. The molecule has 1 fully saturated rings. The van der Waals surface area contributed by atoms with Crippen LogP contribution in [0.4, 0.5) is 5.82 Å². The minimum Gasteiger partial charge on any atom is -0.484 e.